The van der Waals surface area contributed by atoms with Crippen molar-refractivity contribution >= 4 is 35.5 Å². The first-order chi connectivity index (χ1) is 14.0. The zero-order valence-corrected chi connectivity index (χ0v) is 17.3. The second-order valence-corrected chi connectivity index (χ2v) is 7.06. The molecule has 11 heteroatoms. The predicted molar refractivity (Wildman–Crippen MR) is 105 cm³/mol. The molecule has 0 aromatic rings. The van der Waals surface area contributed by atoms with Gasteiger partial charge in [-0.2, -0.15) is 0 Å². The molecule has 1 aliphatic rings. The lowest BCUT2D eigenvalue weighted by Gasteiger charge is -2.19. The van der Waals surface area contributed by atoms with Crippen molar-refractivity contribution in [2.45, 2.75) is 64.6 Å². The first-order valence-electron chi connectivity index (χ1n) is 9.69. The maximum atomic E-state index is 12.1. The molecule has 1 rings (SSSR count). The largest absolute Gasteiger partial charge is 0.480 e. The number of aliphatic carboxylic acids is 1. The topological polar surface area (TPSA) is 162 Å². The molecule has 30 heavy (non-hydrogen) atoms. The fraction of sp³-hybridized carbons (Fsp3) is 0.579. The highest BCUT2D eigenvalue weighted by Crippen LogP contribution is 2.07. The number of amides is 5. The van der Waals surface area contributed by atoms with Crippen LogP contribution < -0.4 is 16.0 Å². The van der Waals surface area contributed by atoms with Gasteiger partial charge in [0.2, 0.25) is 17.7 Å². The average Bonchev–Trinajstić information content (AvgIpc) is 2.99. The fourth-order valence-electron chi connectivity index (χ4n) is 2.57. The van der Waals surface area contributed by atoms with E-state index in [2.05, 4.69) is 16.0 Å². The van der Waals surface area contributed by atoms with E-state index in [4.69, 9.17) is 5.11 Å². The van der Waals surface area contributed by atoms with Crippen molar-refractivity contribution in [1.82, 2.24) is 20.9 Å². The Balaban J connectivity index is 2.25. The van der Waals surface area contributed by atoms with Crippen LogP contribution in [0.2, 0.25) is 0 Å². The summed E-state index contributed by atoms with van der Waals surface area (Å²) in [6.07, 6.45) is 4.34. The van der Waals surface area contributed by atoms with Crippen LogP contribution in [-0.4, -0.2) is 70.2 Å². The minimum atomic E-state index is -1.20. The normalized spacial score (nSPS) is 16.0. The maximum Gasteiger partial charge on any atom is 0.325 e. The van der Waals surface area contributed by atoms with Gasteiger partial charge in [-0.15, -0.1) is 0 Å². The van der Waals surface area contributed by atoms with E-state index < -0.39 is 35.9 Å². The summed E-state index contributed by atoms with van der Waals surface area (Å²) in [4.78, 5) is 70.6. The number of hydrogen-bond donors (Lipinski definition) is 4. The lowest BCUT2D eigenvalue weighted by atomic mass is 10.1. The summed E-state index contributed by atoms with van der Waals surface area (Å²) in [5.41, 5.74) is 0. The van der Waals surface area contributed by atoms with Crippen LogP contribution >= 0.6 is 0 Å². The van der Waals surface area contributed by atoms with Crippen molar-refractivity contribution in [3.63, 3.8) is 0 Å². The Kier molecular flexibility index (Phi) is 9.66. The van der Waals surface area contributed by atoms with Gasteiger partial charge in [-0.1, -0.05) is 6.42 Å². The Morgan fingerprint density at radius 3 is 1.87 bits per heavy atom. The highest BCUT2D eigenvalue weighted by Gasteiger charge is 2.24. The molecule has 5 amide bonds. The quantitative estimate of drug-likeness (QED) is 0.232. The maximum absolute atomic E-state index is 12.1. The molecule has 0 aromatic carbocycles. The number of carboxylic acid groups (broad SMARTS) is 1. The van der Waals surface area contributed by atoms with E-state index in [1.54, 1.807) is 0 Å². The second kappa shape index (κ2) is 11.7. The van der Waals surface area contributed by atoms with Gasteiger partial charge in [0.15, 0.2) is 0 Å². The number of hydrogen-bond acceptors (Lipinski definition) is 6. The van der Waals surface area contributed by atoms with E-state index in [-0.39, 0.29) is 24.1 Å². The lowest BCUT2D eigenvalue weighted by molar-refractivity contribution is -0.141. The molecule has 3 atom stereocenters. The molecule has 1 heterocycles. The van der Waals surface area contributed by atoms with Crippen LogP contribution in [0.15, 0.2) is 12.2 Å². The molecule has 0 aliphatic carbocycles. The number of imide groups is 1. The van der Waals surface area contributed by atoms with E-state index >= 15 is 0 Å². The molecule has 11 nitrogen and oxygen atoms in total. The summed E-state index contributed by atoms with van der Waals surface area (Å²) >= 11 is 0. The van der Waals surface area contributed by atoms with Crippen LogP contribution in [0.5, 0.6) is 0 Å². The van der Waals surface area contributed by atoms with E-state index in [0.717, 1.165) is 4.90 Å². The van der Waals surface area contributed by atoms with Gasteiger partial charge in [0.05, 0.1) is 0 Å². The van der Waals surface area contributed by atoms with Crippen LogP contribution in [0, 0.1) is 0 Å². The molecule has 0 bridgehead atoms. The Morgan fingerprint density at radius 1 is 0.833 bits per heavy atom. The highest BCUT2D eigenvalue weighted by atomic mass is 16.4. The molecular formula is C19H28N4O7. The van der Waals surface area contributed by atoms with Crippen molar-refractivity contribution in [2.75, 3.05) is 6.54 Å². The van der Waals surface area contributed by atoms with Gasteiger partial charge in [0.25, 0.3) is 11.8 Å². The number of unbranched alkanes of at least 4 members (excludes halogenated alkanes) is 2. The molecule has 4 N–H and O–H groups in total. The zero-order chi connectivity index (χ0) is 22.8. The number of rotatable bonds is 12. The first kappa shape index (κ1) is 24.8. The fourth-order valence-corrected chi connectivity index (χ4v) is 2.57. The summed E-state index contributed by atoms with van der Waals surface area (Å²) in [5.74, 6) is -3.44. The third-order valence-electron chi connectivity index (χ3n) is 4.44. The van der Waals surface area contributed by atoms with Gasteiger partial charge in [-0.25, -0.2) is 0 Å². The number of nitrogens with one attached hydrogen (secondary N) is 3. The molecule has 0 aromatic heterocycles. The summed E-state index contributed by atoms with van der Waals surface area (Å²) in [6.45, 7) is 4.47. The van der Waals surface area contributed by atoms with Crippen molar-refractivity contribution in [1.29, 1.82) is 0 Å². The number of carbonyl (C=O) groups excluding carboxylic acids is 5. The minimum absolute atomic E-state index is 0.171. The van der Waals surface area contributed by atoms with Crippen LogP contribution in [0.25, 0.3) is 0 Å². The Labute approximate surface area is 174 Å². The third-order valence-corrected chi connectivity index (χ3v) is 4.44. The summed E-state index contributed by atoms with van der Waals surface area (Å²) in [5, 5.41) is 16.0. The van der Waals surface area contributed by atoms with Crippen molar-refractivity contribution in [3.05, 3.63) is 12.2 Å². The lowest BCUT2D eigenvalue weighted by Crippen LogP contribution is -2.53. The predicted octanol–water partition coefficient (Wildman–Crippen LogP) is -0.929. The molecule has 0 radical (unpaired) electrons. The first-order valence-corrected chi connectivity index (χ1v) is 9.69. The van der Waals surface area contributed by atoms with Crippen LogP contribution in [-0.2, 0) is 28.8 Å². The number of carboxylic acids is 1. The van der Waals surface area contributed by atoms with Crippen LogP contribution in [0.3, 0.4) is 0 Å². The number of carbonyl (C=O) groups is 6. The van der Waals surface area contributed by atoms with Crippen LogP contribution in [0.4, 0.5) is 0 Å². The summed E-state index contributed by atoms with van der Waals surface area (Å²) in [7, 11) is 0. The monoisotopic (exact) mass is 424 g/mol. The van der Waals surface area contributed by atoms with Gasteiger partial charge >= 0.3 is 5.97 Å². The van der Waals surface area contributed by atoms with Crippen molar-refractivity contribution in [3.8, 4) is 0 Å². The second-order valence-electron chi connectivity index (χ2n) is 7.06. The van der Waals surface area contributed by atoms with Gasteiger partial charge in [0.1, 0.15) is 18.1 Å². The van der Waals surface area contributed by atoms with E-state index in [9.17, 15) is 28.8 Å². The molecule has 0 spiro atoms. The van der Waals surface area contributed by atoms with E-state index in [1.807, 2.05) is 0 Å². The zero-order valence-electron chi connectivity index (χ0n) is 17.3. The molecule has 0 saturated heterocycles. The summed E-state index contributed by atoms with van der Waals surface area (Å²) in [6, 6.07) is -2.94. The van der Waals surface area contributed by atoms with Crippen molar-refractivity contribution in [2.24, 2.45) is 0 Å². The molecular weight excluding hydrogens is 396 g/mol. The molecule has 0 unspecified atom stereocenters. The Hall–Kier alpha value is -3.24. The Bertz CT molecular complexity index is 716. The molecule has 166 valence electrons. The standard InChI is InChI=1S/C19H28N4O7/c1-11(17(27)21-12(2)18(28)22-13(3)19(29)30)20-14(24)7-5-4-6-10-23-15(25)8-9-16(23)26/h8-9,11-13H,4-7,10H2,1-3H3,(H,20,24)(H,21,27)(H,22,28)(H,29,30)/t11-,12-,13-/m0/s1. The van der Waals surface area contributed by atoms with Gasteiger partial charge < -0.3 is 21.1 Å². The van der Waals surface area contributed by atoms with Gasteiger partial charge in [-0.05, 0) is 33.6 Å². The Morgan fingerprint density at radius 2 is 1.33 bits per heavy atom. The van der Waals surface area contributed by atoms with Crippen LogP contribution in [0.1, 0.15) is 46.5 Å². The van der Waals surface area contributed by atoms with Crippen molar-refractivity contribution < 1.29 is 33.9 Å². The number of nitrogens with zero attached hydrogens (tertiary/aromatic N) is 1. The van der Waals surface area contributed by atoms with Gasteiger partial charge in [0, 0.05) is 25.1 Å². The highest BCUT2D eigenvalue weighted by molar-refractivity contribution is 6.12. The smallest absolute Gasteiger partial charge is 0.325 e. The van der Waals surface area contributed by atoms with E-state index in [1.165, 1.54) is 32.9 Å². The third kappa shape index (κ3) is 8.02. The SMILES string of the molecule is C[C@H](NC(=O)[C@H](C)NC(=O)[C@H](C)NC(=O)CCCCCN1C(=O)C=CC1=O)C(=O)O. The van der Waals surface area contributed by atoms with Gasteiger partial charge in [-0.3, -0.25) is 33.7 Å². The minimum Gasteiger partial charge on any atom is -0.480 e. The summed E-state index contributed by atoms with van der Waals surface area (Å²) < 4.78 is 0. The molecule has 1 aliphatic heterocycles. The molecule has 0 fully saturated rings. The average molecular weight is 424 g/mol. The van der Waals surface area contributed by atoms with E-state index in [0.29, 0.717) is 25.8 Å². The molecule has 0 saturated carbocycles.